The molecule has 0 aromatic rings. The predicted octanol–water partition coefficient (Wildman–Crippen LogP) is -1.07. The van der Waals surface area contributed by atoms with E-state index >= 15 is 0 Å². The maximum atomic E-state index is 11.1. The second-order valence-corrected chi connectivity index (χ2v) is 3.19. The highest BCUT2D eigenvalue weighted by Crippen LogP contribution is 2.29. The molecule has 2 saturated heterocycles. The Balaban J connectivity index is 2.18. The average molecular weight is 173 g/mol. The molecule has 2 rings (SSSR count). The zero-order valence-corrected chi connectivity index (χ0v) is 6.51. The quantitative estimate of drug-likeness (QED) is 0.530. The van der Waals surface area contributed by atoms with Crippen molar-refractivity contribution >= 4 is 6.09 Å². The average Bonchev–Trinajstić information content (AvgIpc) is 2.52. The number of carbonyl (C=O) groups is 1. The first-order valence-corrected chi connectivity index (χ1v) is 3.98. The molecule has 5 nitrogen and oxygen atoms in total. The van der Waals surface area contributed by atoms with Crippen LogP contribution >= 0.6 is 0 Å². The first kappa shape index (κ1) is 7.82. The third-order valence-corrected chi connectivity index (χ3v) is 2.51. The van der Waals surface area contributed by atoms with Gasteiger partial charge in [0.2, 0.25) is 0 Å². The molecule has 0 saturated carbocycles. The molecule has 2 N–H and O–H groups in total. The first-order valence-electron chi connectivity index (χ1n) is 3.98. The number of hydrogen-bond donors (Lipinski definition) is 2. The lowest BCUT2D eigenvalue weighted by atomic mass is 10.1. The SMILES string of the molecule is O=C1OC[C@H]2C[C@H](O)[C@H](CO)N12. The topological polar surface area (TPSA) is 70.0 Å². The molecule has 3 atom stereocenters. The minimum atomic E-state index is -0.604. The first-order chi connectivity index (χ1) is 5.74. The summed E-state index contributed by atoms with van der Waals surface area (Å²) in [7, 11) is 0. The molecule has 0 aromatic heterocycles. The van der Waals surface area contributed by atoms with E-state index in [0.717, 1.165) is 0 Å². The lowest BCUT2D eigenvalue weighted by Crippen LogP contribution is -2.41. The lowest BCUT2D eigenvalue weighted by molar-refractivity contribution is 0.0713. The number of carbonyl (C=O) groups excluding carboxylic acids is 1. The van der Waals surface area contributed by atoms with Gasteiger partial charge < -0.3 is 14.9 Å². The van der Waals surface area contributed by atoms with E-state index < -0.39 is 18.2 Å². The van der Waals surface area contributed by atoms with Gasteiger partial charge >= 0.3 is 6.09 Å². The minimum Gasteiger partial charge on any atom is -0.447 e. The van der Waals surface area contributed by atoms with Crippen LogP contribution in [0.2, 0.25) is 0 Å². The van der Waals surface area contributed by atoms with E-state index in [1.165, 1.54) is 4.90 Å². The zero-order valence-electron chi connectivity index (χ0n) is 6.51. The summed E-state index contributed by atoms with van der Waals surface area (Å²) in [6, 6.07) is -0.505. The highest BCUT2D eigenvalue weighted by atomic mass is 16.6. The number of hydrogen-bond acceptors (Lipinski definition) is 4. The highest BCUT2D eigenvalue weighted by Gasteiger charge is 2.47. The Morgan fingerprint density at radius 2 is 2.42 bits per heavy atom. The maximum absolute atomic E-state index is 11.1. The fourth-order valence-corrected chi connectivity index (χ4v) is 1.89. The molecule has 68 valence electrons. The van der Waals surface area contributed by atoms with Crippen LogP contribution in [-0.4, -0.2) is 52.6 Å². The van der Waals surface area contributed by atoms with Crippen LogP contribution in [0.4, 0.5) is 4.79 Å². The molecule has 0 unspecified atom stereocenters. The number of cyclic esters (lactones) is 1. The maximum Gasteiger partial charge on any atom is 0.410 e. The van der Waals surface area contributed by atoms with Crippen LogP contribution in [0.25, 0.3) is 0 Å². The van der Waals surface area contributed by atoms with Gasteiger partial charge in [0.05, 0.1) is 24.8 Å². The summed E-state index contributed by atoms with van der Waals surface area (Å²) in [5.74, 6) is 0. The van der Waals surface area contributed by atoms with Crippen molar-refractivity contribution in [1.29, 1.82) is 0 Å². The second-order valence-electron chi connectivity index (χ2n) is 3.19. The molecule has 1 amide bonds. The number of aliphatic hydroxyl groups is 2. The molecule has 0 spiro atoms. The molecule has 0 aliphatic carbocycles. The van der Waals surface area contributed by atoms with E-state index in [4.69, 9.17) is 9.84 Å². The van der Waals surface area contributed by atoms with E-state index in [1.54, 1.807) is 0 Å². The van der Waals surface area contributed by atoms with E-state index in [-0.39, 0.29) is 12.6 Å². The molecule has 2 heterocycles. The fraction of sp³-hybridized carbons (Fsp3) is 0.857. The summed E-state index contributed by atoms with van der Waals surface area (Å²) in [5.41, 5.74) is 0. The predicted molar refractivity (Wildman–Crippen MR) is 38.5 cm³/mol. The Bertz CT molecular complexity index is 208. The zero-order chi connectivity index (χ0) is 8.72. The van der Waals surface area contributed by atoms with Gasteiger partial charge in [-0.05, 0) is 6.42 Å². The molecule has 0 bridgehead atoms. The molecular weight excluding hydrogens is 162 g/mol. The van der Waals surface area contributed by atoms with Gasteiger partial charge in [0, 0.05) is 0 Å². The van der Waals surface area contributed by atoms with Gasteiger partial charge in [0.25, 0.3) is 0 Å². The Morgan fingerprint density at radius 1 is 1.67 bits per heavy atom. The largest absolute Gasteiger partial charge is 0.447 e. The van der Waals surface area contributed by atoms with Crippen molar-refractivity contribution in [2.45, 2.75) is 24.6 Å². The summed E-state index contributed by atoms with van der Waals surface area (Å²) in [5, 5.41) is 18.3. The summed E-state index contributed by atoms with van der Waals surface area (Å²) in [6.45, 7) is 0.138. The molecular formula is C7H11NO4. The van der Waals surface area contributed by atoms with E-state index in [0.29, 0.717) is 13.0 Å². The molecule has 2 fully saturated rings. The Kier molecular flexibility index (Phi) is 1.69. The van der Waals surface area contributed by atoms with Crippen LogP contribution < -0.4 is 0 Å². The van der Waals surface area contributed by atoms with Crippen LogP contribution in [0.5, 0.6) is 0 Å². The van der Waals surface area contributed by atoms with Crippen molar-refractivity contribution in [2.24, 2.45) is 0 Å². The monoisotopic (exact) mass is 173 g/mol. The van der Waals surface area contributed by atoms with Crippen molar-refractivity contribution in [3.8, 4) is 0 Å². The minimum absolute atomic E-state index is 0.0374. The highest BCUT2D eigenvalue weighted by molar-refractivity contribution is 5.71. The number of rotatable bonds is 1. The third kappa shape index (κ3) is 0.899. The van der Waals surface area contributed by atoms with Crippen molar-refractivity contribution in [3.05, 3.63) is 0 Å². The number of nitrogens with zero attached hydrogens (tertiary/aromatic N) is 1. The van der Waals surface area contributed by atoms with Crippen LogP contribution in [-0.2, 0) is 4.74 Å². The van der Waals surface area contributed by atoms with E-state index in [2.05, 4.69) is 0 Å². The number of amides is 1. The second kappa shape index (κ2) is 2.60. The van der Waals surface area contributed by atoms with Crippen LogP contribution in [0, 0.1) is 0 Å². The number of aliphatic hydroxyl groups excluding tert-OH is 2. The van der Waals surface area contributed by atoms with Crippen LogP contribution in [0.1, 0.15) is 6.42 Å². The van der Waals surface area contributed by atoms with Crippen LogP contribution in [0.3, 0.4) is 0 Å². The van der Waals surface area contributed by atoms with Crippen molar-refractivity contribution in [2.75, 3.05) is 13.2 Å². The fourth-order valence-electron chi connectivity index (χ4n) is 1.89. The summed E-state index contributed by atoms with van der Waals surface area (Å²) >= 11 is 0. The molecule has 2 aliphatic heterocycles. The summed E-state index contributed by atoms with van der Waals surface area (Å²) in [4.78, 5) is 12.5. The molecule has 0 radical (unpaired) electrons. The summed E-state index contributed by atoms with van der Waals surface area (Å²) < 4.78 is 4.77. The van der Waals surface area contributed by atoms with Gasteiger partial charge in [0.1, 0.15) is 6.61 Å². The normalized spacial score (nSPS) is 40.0. The van der Waals surface area contributed by atoms with Gasteiger partial charge in [-0.2, -0.15) is 0 Å². The molecule has 5 heteroatoms. The lowest BCUT2D eigenvalue weighted by Gasteiger charge is -2.20. The third-order valence-electron chi connectivity index (χ3n) is 2.51. The molecule has 12 heavy (non-hydrogen) atoms. The standard InChI is InChI=1S/C7H11NO4/c9-2-5-6(10)1-4-3-12-7(11)8(4)5/h4-6,9-10H,1-3H2/t4-,5+,6+/m1/s1. The van der Waals surface area contributed by atoms with Crippen molar-refractivity contribution in [1.82, 2.24) is 4.90 Å². The Labute approximate surface area is 69.5 Å². The van der Waals surface area contributed by atoms with E-state index in [9.17, 15) is 9.90 Å². The van der Waals surface area contributed by atoms with Crippen molar-refractivity contribution in [3.63, 3.8) is 0 Å². The molecule has 2 aliphatic rings. The Morgan fingerprint density at radius 3 is 3.08 bits per heavy atom. The van der Waals surface area contributed by atoms with Crippen molar-refractivity contribution < 1.29 is 19.7 Å². The van der Waals surface area contributed by atoms with Gasteiger partial charge in [-0.15, -0.1) is 0 Å². The summed E-state index contributed by atoms with van der Waals surface area (Å²) in [6.07, 6.45) is -0.514. The van der Waals surface area contributed by atoms with Gasteiger partial charge in [-0.25, -0.2) is 4.79 Å². The van der Waals surface area contributed by atoms with Gasteiger partial charge in [-0.1, -0.05) is 0 Å². The van der Waals surface area contributed by atoms with Gasteiger partial charge in [-0.3, -0.25) is 4.90 Å². The Hall–Kier alpha value is -0.810. The smallest absolute Gasteiger partial charge is 0.410 e. The van der Waals surface area contributed by atoms with E-state index in [1.807, 2.05) is 0 Å². The molecule has 0 aromatic carbocycles. The number of ether oxygens (including phenoxy) is 1. The number of fused-ring (bicyclic) bond motifs is 1. The van der Waals surface area contributed by atoms with Crippen LogP contribution in [0.15, 0.2) is 0 Å². The van der Waals surface area contributed by atoms with Gasteiger partial charge in [0.15, 0.2) is 0 Å².